The van der Waals surface area contributed by atoms with Crippen molar-refractivity contribution in [3.8, 4) is 0 Å². The van der Waals surface area contributed by atoms with Crippen molar-refractivity contribution < 1.29 is 22.8 Å². The van der Waals surface area contributed by atoms with E-state index in [1.54, 1.807) is 31.2 Å². The van der Waals surface area contributed by atoms with Gasteiger partial charge in [-0.2, -0.15) is 0 Å². The van der Waals surface area contributed by atoms with Gasteiger partial charge in [-0.15, -0.1) is 0 Å². The highest BCUT2D eigenvalue weighted by Gasteiger charge is 2.41. The third kappa shape index (κ3) is 5.85. The van der Waals surface area contributed by atoms with E-state index in [9.17, 15) is 22.8 Å². The summed E-state index contributed by atoms with van der Waals surface area (Å²) < 4.78 is 26.5. The summed E-state index contributed by atoms with van der Waals surface area (Å²) in [7, 11) is -4.06. The quantitative estimate of drug-likeness (QED) is 0.526. The molecule has 36 heavy (non-hydrogen) atoms. The molecule has 2 aromatic rings. The summed E-state index contributed by atoms with van der Waals surface area (Å²) >= 11 is 12.7. The van der Waals surface area contributed by atoms with Gasteiger partial charge in [-0.25, -0.2) is 12.7 Å². The molecule has 0 saturated carbocycles. The number of nitrogens with zero attached hydrogens (tertiary/aromatic N) is 2. The van der Waals surface area contributed by atoms with Crippen LogP contribution in [0.4, 0.5) is 0 Å². The predicted molar refractivity (Wildman–Crippen MR) is 138 cm³/mol. The zero-order chi connectivity index (χ0) is 26.8. The maximum absolute atomic E-state index is 13.5. The van der Waals surface area contributed by atoms with Gasteiger partial charge in [-0.1, -0.05) is 48.3 Å². The van der Waals surface area contributed by atoms with Gasteiger partial charge in [0.15, 0.2) is 0 Å². The fourth-order valence-electron chi connectivity index (χ4n) is 4.02. The molecule has 1 heterocycles. The monoisotopic (exact) mass is 553 g/mol. The maximum Gasteiger partial charge on any atom is 0.269 e. The normalized spacial score (nSPS) is 15.4. The molecule has 2 aromatic carbocycles. The summed E-state index contributed by atoms with van der Waals surface area (Å²) in [5, 5.41) is 3.56. The molecule has 194 valence electrons. The highest BCUT2D eigenvalue weighted by Crippen LogP contribution is 2.31. The third-order valence-electron chi connectivity index (χ3n) is 5.72. The molecule has 1 aliphatic heterocycles. The largest absolute Gasteiger partial charge is 0.350 e. The fraction of sp³-hybridized carbons (Fsp3) is 0.400. The minimum atomic E-state index is -4.06. The van der Waals surface area contributed by atoms with E-state index in [4.69, 9.17) is 23.2 Å². The van der Waals surface area contributed by atoms with Crippen LogP contribution < -0.4 is 5.32 Å². The number of nitrogens with one attached hydrogen (secondary N) is 1. The third-order valence-corrected chi connectivity index (χ3v) is 8.26. The Balaban J connectivity index is 1.89. The lowest BCUT2D eigenvalue weighted by molar-refractivity contribution is -0.142. The van der Waals surface area contributed by atoms with Crippen LogP contribution in [-0.4, -0.2) is 53.5 Å². The topological polar surface area (TPSA) is 104 Å². The van der Waals surface area contributed by atoms with Gasteiger partial charge >= 0.3 is 0 Å². The molecule has 0 radical (unpaired) electrons. The molecule has 0 fully saturated rings. The van der Waals surface area contributed by atoms with E-state index < -0.39 is 33.4 Å². The molecule has 0 aliphatic carbocycles. The van der Waals surface area contributed by atoms with E-state index in [2.05, 4.69) is 5.32 Å². The minimum absolute atomic E-state index is 0.0612. The van der Waals surface area contributed by atoms with Crippen molar-refractivity contribution in [2.45, 2.75) is 63.6 Å². The van der Waals surface area contributed by atoms with E-state index >= 15 is 0 Å². The molecular formula is C25H29Cl2N3O5S. The average Bonchev–Trinajstić information content (AvgIpc) is 2.98. The first-order valence-electron chi connectivity index (χ1n) is 11.5. The summed E-state index contributed by atoms with van der Waals surface area (Å²) in [6.45, 7) is 6.84. The summed E-state index contributed by atoms with van der Waals surface area (Å²) in [5.41, 5.74) is -0.00239. The van der Waals surface area contributed by atoms with Crippen LogP contribution >= 0.6 is 23.2 Å². The van der Waals surface area contributed by atoms with Crippen molar-refractivity contribution >= 4 is 50.9 Å². The molecule has 0 spiro atoms. The first-order chi connectivity index (χ1) is 16.8. The summed E-state index contributed by atoms with van der Waals surface area (Å²) in [6, 6.07) is 9.98. The maximum atomic E-state index is 13.5. The molecule has 3 rings (SSSR count). The summed E-state index contributed by atoms with van der Waals surface area (Å²) in [6.07, 6.45) is -0.0254. The highest BCUT2D eigenvalue weighted by atomic mass is 35.5. The van der Waals surface area contributed by atoms with Gasteiger partial charge in [0.2, 0.25) is 11.8 Å². The van der Waals surface area contributed by atoms with E-state index in [1.165, 1.54) is 23.1 Å². The van der Waals surface area contributed by atoms with Gasteiger partial charge < -0.3 is 10.2 Å². The zero-order valence-electron chi connectivity index (χ0n) is 20.5. The Morgan fingerprint density at radius 1 is 1.06 bits per heavy atom. The molecule has 11 heteroatoms. The molecule has 0 saturated heterocycles. The van der Waals surface area contributed by atoms with Crippen LogP contribution in [-0.2, 0) is 26.2 Å². The Morgan fingerprint density at radius 2 is 1.67 bits per heavy atom. The van der Waals surface area contributed by atoms with Crippen molar-refractivity contribution in [3.05, 3.63) is 63.6 Å². The van der Waals surface area contributed by atoms with Crippen LogP contribution in [0.2, 0.25) is 10.0 Å². The highest BCUT2D eigenvalue weighted by molar-refractivity contribution is 7.90. The van der Waals surface area contributed by atoms with Gasteiger partial charge in [-0.3, -0.25) is 14.4 Å². The molecule has 1 N–H and O–H groups in total. The van der Waals surface area contributed by atoms with Crippen LogP contribution in [0.1, 0.15) is 56.5 Å². The molecule has 0 bridgehead atoms. The van der Waals surface area contributed by atoms with Crippen molar-refractivity contribution in [2.24, 2.45) is 0 Å². The molecule has 1 atom stereocenters. The van der Waals surface area contributed by atoms with Crippen LogP contribution in [0, 0.1) is 0 Å². The lowest BCUT2D eigenvalue weighted by atomic mass is 10.1. The Hall–Kier alpha value is -2.62. The standard InChI is InChI=1S/C25H29Cl2N3O5S/c1-5-20(23(32)28-25(2,3)4)29(15-17-18(26)10-8-11-19(17)27)22(31)13-14-30-24(33)16-9-6-7-12-21(16)36(30,34)35/h6-12,20H,5,13-15H2,1-4H3,(H,28,32)/t20-/m1/s1. The van der Waals surface area contributed by atoms with E-state index in [-0.39, 0.29) is 35.9 Å². The van der Waals surface area contributed by atoms with Crippen molar-refractivity contribution in [3.63, 3.8) is 0 Å². The van der Waals surface area contributed by atoms with E-state index in [1.807, 2.05) is 20.8 Å². The van der Waals surface area contributed by atoms with Gasteiger partial charge in [-0.05, 0) is 51.5 Å². The van der Waals surface area contributed by atoms with Crippen molar-refractivity contribution in [2.75, 3.05) is 6.54 Å². The fourth-order valence-corrected chi connectivity index (χ4v) is 6.11. The SMILES string of the molecule is CC[C@H](C(=O)NC(C)(C)C)N(Cc1c(Cl)cccc1Cl)C(=O)CCN1C(=O)c2ccccc2S1(=O)=O. The van der Waals surface area contributed by atoms with Crippen LogP contribution in [0.3, 0.4) is 0 Å². The van der Waals surface area contributed by atoms with Crippen molar-refractivity contribution in [1.29, 1.82) is 0 Å². The second-order valence-corrected chi connectivity index (χ2v) is 12.2. The van der Waals surface area contributed by atoms with Crippen LogP contribution in [0.15, 0.2) is 47.4 Å². The van der Waals surface area contributed by atoms with Gasteiger partial charge in [0.05, 0.1) is 5.56 Å². The molecule has 8 nitrogen and oxygen atoms in total. The smallest absolute Gasteiger partial charge is 0.269 e. The lowest BCUT2D eigenvalue weighted by Gasteiger charge is -2.33. The Labute approximate surface area is 221 Å². The number of amides is 3. The van der Waals surface area contributed by atoms with E-state index in [0.717, 1.165) is 0 Å². The number of hydrogen-bond acceptors (Lipinski definition) is 5. The number of sulfonamides is 1. The lowest BCUT2D eigenvalue weighted by Crippen LogP contribution is -2.53. The number of carbonyl (C=O) groups excluding carboxylic acids is 3. The number of hydrogen-bond donors (Lipinski definition) is 1. The summed E-state index contributed by atoms with van der Waals surface area (Å²) in [5.74, 6) is -1.56. The Bertz CT molecular complexity index is 1270. The number of halogens is 2. The number of fused-ring (bicyclic) bond motifs is 1. The van der Waals surface area contributed by atoms with Crippen LogP contribution in [0.25, 0.3) is 0 Å². The van der Waals surface area contributed by atoms with Gasteiger partial charge in [0.1, 0.15) is 10.9 Å². The number of carbonyl (C=O) groups is 3. The molecule has 0 unspecified atom stereocenters. The molecule has 0 aromatic heterocycles. The molecular weight excluding hydrogens is 525 g/mol. The molecule has 3 amide bonds. The first-order valence-corrected chi connectivity index (χ1v) is 13.7. The van der Waals surface area contributed by atoms with Gasteiger partial charge in [0.25, 0.3) is 15.9 Å². The molecule has 1 aliphatic rings. The number of rotatable bonds is 8. The van der Waals surface area contributed by atoms with Crippen molar-refractivity contribution in [1.82, 2.24) is 14.5 Å². The second-order valence-electron chi connectivity index (χ2n) is 9.51. The summed E-state index contributed by atoms with van der Waals surface area (Å²) in [4.78, 5) is 40.7. The average molecular weight is 554 g/mol. The second kappa shape index (κ2) is 10.8. The van der Waals surface area contributed by atoms with E-state index in [0.29, 0.717) is 26.3 Å². The predicted octanol–water partition coefficient (Wildman–Crippen LogP) is 4.25. The number of benzene rings is 2. The Kier molecular flexibility index (Phi) is 8.37. The minimum Gasteiger partial charge on any atom is -0.350 e. The Morgan fingerprint density at radius 3 is 2.22 bits per heavy atom. The first kappa shape index (κ1) is 28.0. The van der Waals surface area contributed by atoms with Gasteiger partial charge in [0, 0.05) is 40.7 Å². The zero-order valence-corrected chi connectivity index (χ0v) is 22.9. The van der Waals surface area contributed by atoms with Crippen LogP contribution in [0.5, 0.6) is 0 Å².